The Morgan fingerprint density at radius 2 is 1.87 bits per heavy atom. The fraction of sp³-hybridized carbons (Fsp3) is 0.125. The third kappa shape index (κ3) is 3.67. The van der Waals surface area contributed by atoms with E-state index in [1.54, 1.807) is 23.9 Å². The highest BCUT2D eigenvalue weighted by Gasteiger charge is 2.24. The summed E-state index contributed by atoms with van der Waals surface area (Å²) in [6, 6.07) is 13.0. The molecule has 0 saturated carbocycles. The van der Waals surface area contributed by atoms with Crippen LogP contribution in [0.1, 0.15) is 5.56 Å². The number of carbonyl (C=O) groups is 2. The zero-order chi connectivity index (χ0) is 16.4. The summed E-state index contributed by atoms with van der Waals surface area (Å²) in [5, 5.41) is 4.06. The number of urea groups is 1. The third-order valence-electron chi connectivity index (χ3n) is 3.27. The standard InChI is InChI=1S/C16H14ClN3O2S/c1-10-2-5-12(6-3-10)23-14-7-4-11(8-13(14)17)20-16(22)19-15(21)9-18-20/h2-8,18H,9H2,1H3,(H,19,21,22). The van der Waals surface area contributed by atoms with Gasteiger partial charge in [-0.2, -0.15) is 0 Å². The molecule has 3 amide bonds. The van der Waals surface area contributed by atoms with Crippen molar-refractivity contribution in [2.24, 2.45) is 0 Å². The second-order valence-electron chi connectivity index (χ2n) is 5.05. The van der Waals surface area contributed by atoms with Crippen molar-refractivity contribution in [2.75, 3.05) is 11.6 Å². The molecule has 23 heavy (non-hydrogen) atoms. The lowest BCUT2D eigenvalue weighted by molar-refractivity contribution is -0.119. The van der Waals surface area contributed by atoms with E-state index in [4.69, 9.17) is 11.6 Å². The molecule has 0 bridgehead atoms. The van der Waals surface area contributed by atoms with Crippen LogP contribution in [0.2, 0.25) is 5.02 Å². The van der Waals surface area contributed by atoms with Crippen LogP contribution in [0.5, 0.6) is 0 Å². The van der Waals surface area contributed by atoms with E-state index in [2.05, 4.69) is 10.7 Å². The minimum atomic E-state index is -0.517. The van der Waals surface area contributed by atoms with Crippen molar-refractivity contribution in [1.29, 1.82) is 0 Å². The Morgan fingerprint density at radius 1 is 1.13 bits per heavy atom. The molecule has 7 heteroatoms. The Morgan fingerprint density at radius 3 is 2.52 bits per heavy atom. The molecule has 0 spiro atoms. The fourth-order valence-corrected chi connectivity index (χ4v) is 3.20. The molecule has 2 aromatic carbocycles. The lowest BCUT2D eigenvalue weighted by Crippen LogP contribution is -2.59. The van der Waals surface area contributed by atoms with Gasteiger partial charge in [0, 0.05) is 9.79 Å². The number of halogens is 1. The van der Waals surface area contributed by atoms with Gasteiger partial charge >= 0.3 is 6.03 Å². The van der Waals surface area contributed by atoms with Crippen LogP contribution in [0, 0.1) is 6.92 Å². The summed E-state index contributed by atoms with van der Waals surface area (Å²) in [5.74, 6) is -0.358. The monoisotopic (exact) mass is 347 g/mol. The average Bonchev–Trinajstić information content (AvgIpc) is 2.51. The number of hydrogen-bond donors (Lipinski definition) is 2. The maximum atomic E-state index is 11.8. The minimum absolute atomic E-state index is 0.0449. The summed E-state index contributed by atoms with van der Waals surface area (Å²) in [6.45, 7) is 2.08. The first-order valence-corrected chi connectivity index (χ1v) is 8.14. The van der Waals surface area contributed by atoms with Crippen molar-refractivity contribution in [3.63, 3.8) is 0 Å². The highest BCUT2D eigenvalue weighted by molar-refractivity contribution is 7.99. The van der Waals surface area contributed by atoms with Gasteiger partial charge in [-0.1, -0.05) is 41.1 Å². The van der Waals surface area contributed by atoms with Crippen molar-refractivity contribution in [1.82, 2.24) is 10.7 Å². The van der Waals surface area contributed by atoms with Gasteiger partial charge in [-0.05, 0) is 37.3 Å². The zero-order valence-electron chi connectivity index (χ0n) is 12.3. The van der Waals surface area contributed by atoms with Crippen molar-refractivity contribution in [2.45, 2.75) is 16.7 Å². The maximum absolute atomic E-state index is 11.8. The van der Waals surface area contributed by atoms with Crippen LogP contribution in [0.4, 0.5) is 10.5 Å². The number of hydrogen-bond acceptors (Lipinski definition) is 4. The Hall–Kier alpha value is -2.02. The molecular formula is C16H14ClN3O2S. The second kappa shape index (κ2) is 6.62. The molecular weight excluding hydrogens is 334 g/mol. The van der Waals surface area contributed by atoms with Gasteiger partial charge in [0.2, 0.25) is 5.91 Å². The van der Waals surface area contributed by atoms with Crippen LogP contribution in [0.3, 0.4) is 0 Å². The number of hydrazine groups is 1. The highest BCUT2D eigenvalue weighted by Crippen LogP contribution is 2.35. The van der Waals surface area contributed by atoms with Crippen LogP contribution >= 0.6 is 23.4 Å². The average molecular weight is 348 g/mol. The molecule has 1 heterocycles. The molecule has 1 fully saturated rings. The number of nitrogens with zero attached hydrogens (tertiary/aromatic N) is 1. The first-order valence-electron chi connectivity index (χ1n) is 6.94. The summed E-state index contributed by atoms with van der Waals surface area (Å²) >= 11 is 7.89. The summed E-state index contributed by atoms with van der Waals surface area (Å²) in [5.41, 5.74) is 4.52. The van der Waals surface area contributed by atoms with Crippen molar-refractivity contribution in [3.8, 4) is 0 Å². The largest absolute Gasteiger partial charge is 0.343 e. The van der Waals surface area contributed by atoms with Gasteiger partial charge in [-0.25, -0.2) is 15.2 Å². The smallest absolute Gasteiger partial charge is 0.275 e. The highest BCUT2D eigenvalue weighted by atomic mass is 35.5. The minimum Gasteiger partial charge on any atom is -0.275 e. The van der Waals surface area contributed by atoms with Gasteiger partial charge in [0.15, 0.2) is 0 Å². The van der Waals surface area contributed by atoms with Crippen LogP contribution in [0.25, 0.3) is 0 Å². The Kier molecular flexibility index (Phi) is 4.56. The van der Waals surface area contributed by atoms with Gasteiger partial charge in [0.25, 0.3) is 0 Å². The van der Waals surface area contributed by atoms with Gasteiger partial charge in [-0.3, -0.25) is 10.1 Å². The molecule has 0 aromatic heterocycles. The lowest BCUT2D eigenvalue weighted by atomic mass is 10.2. The number of aryl methyl sites for hydroxylation is 1. The molecule has 1 aliphatic rings. The molecule has 1 saturated heterocycles. The third-order valence-corrected chi connectivity index (χ3v) is 4.78. The maximum Gasteiger partial charge on any atom is 0.343 e. The SMILES string of the molecule is Cc1ccc(Sc2ccc(N3NCC(=O)NC3=O)cc2Cl)cc1. The van der Waals surface area contributed by atoms with E-state index in [0.717, 1.165) is 9.79 Å². The van der Waals surface area contributed by atoms with Crippen LogP contribution in [-0.2, 0) is 4.79 Å². The molecule has 5 nitrogen and oxygen atoms in total. The summed E-state index contributed by atoms with van der Waals surface area (Å²) < 4.78 is 0. The summed E-state index contributed by atoms with van der Waals surface area (Å²) in [7, 11) is 0. The molecule has 2 N–H and O–H groups in total. The summed E-state index contributed by atoms with van der Waals surface area (Å²) in [4.78, 5) is 24.9. The van der Waals surface area contributed by atoms with Crippen LogP contribution < -0.4 is 15.8 Å². The number of amides is 3. The molecule has 118 valence electrons. The molecule has 1 aliphatic heterocycles. The second-order valence-corrected chi connectivity index (χ2v) is 6.58. The van der Waals surface area contributed by atoms with E-state index in [9.17, 15) is 9.59 Å². The normalized spacial score (nSPS) is 14.8. The topological polar surface area (TPSA) is 61.4 Å². The lowest BCUT2D eigenvalue weighted by Gasteiger charge is -2.27. The molecule has 0 unspecified atom stereocenters. The van der Waals surface area contributed by atoms with Crippen LogP contribution in [0.15, 0.2) is 52.3 Å². The summed E-state index contributed by atoms with van der Waals surface area (Å²) in [6.07, 6.45) is 0. The Bertz CT molecular complexity index is 764. The van der Waals surface area contributed by atoms with Gasteiger partial charge in [0.05, 0.1) is 17.3 Å². The number of imide groups is 1. The Balaban J connectivity index is 1.79. The molecule has 3 rings (SSSR count). The number of benzene rings is 2. The first-order chi connectivity index (χ1) is 11.0. The van der Waals surface area contributed by atoms with Gasteiger partial charge in [-0.15, -0.1) is 0 Å². The number of nitrogens with one attached hydrogen (secondary N) is 2. The van der Waals surface area contributed by atoms with Crippen molar-refractivity contribution < 1.29 is 9.59 Å². The quantitative estimate of drug-likeness (QED) is 0.893. The molecule has 2 aromatic rings. The van der Waals surface area contributed by atoms with E-state index < -0.39 is 6.03 Å². The number of anilines is 1. The number of rotatable bonds is 3. The fourth-order valence-electron chi connectivity index (χ4n) is 2.10. The van der Waals surface area contributed by atoms with E-state index in [-0.39, 0.29) is 12.5 Å². The van der Waals surface area contributed by atoms with E-state index >= 15 is 0 Å². The molecule has 0 radical (unpaired) electrons. The predicted octanol–water partition coefficient (Wildman–Crippen LogP) is 3.36. The molecule has 0 aliphatic carbocycles. The predicted molar refractivity (Wildman–Crippen MR) is 90.8 cm³/mol. The van der Waals surface area contributed by atoms with E-state index in [1.807, 2.05) is 37.3 Å². The Labute approximate surface area is 143 Å². The van der Waals surface area contributed by atoms with E-state index in [0.29, 0.717) is 10.7 Å². The van der Waals surface area contributed by atoms with Crippen LogP contribution in [-0.4, -0.2) is 18.5 Å². The van der Waals surface area contributed by atoms with Crippen molar-refractivity contribution in [3.05, 3.63) is 53.1 Å². The van der Waals surface area contributed by atoms with Gasteiger partial charge in [0.1, 0.15) is 0 Å². The van der Waals surface area contributed by atoms with Gasteiger partial charge < -0.3 is 0 Å². The molecule has 0 atom stereocenters. The zero-order valence-corrected chi connectivity index (χ0v) is 13.9. The van der Waals surface area contributed by atoms with Crippen molar-refractivity contribution >= 4 is 41.0 Å². The van der Waals surface area contributed by atoms with E-state index in [1.165, 1.54) is 10.6 Å². The number of carbonyl (C=O) groups excluding carboxylic acids is 2. The first kappa shape index (κ1) is 15.9.